The molecule has 0 aliphatic carbocycles. The number of hydrogen-bond acceptors (Lipinski definition) is 3. The van der Waals surface area contributed by atoms with Crippen LogP contribution in [0.4, 0.5) is 18.9 Å². The van der Waals surface area contributed by atoms with Crippen LogP contribution in [0.1, 0.15) is 5.56 Å². The van der Waals surface area contributed by atoms with E-state index in [0.717, 1.165) is 6.07 Å². The minimum absolute atomic E-state index is 0.581. The maximum absolute atomic E-state index is 13.1. The molecule has 1 N–H and O–H groups in total. The summed E-state index contributed by atoms with van der Waals surface area (Å²) in [6.45, 7) is 0. The van der Waals surface area contributed by atoms with E-state index < -0.39 is 40.3 Å². The molecule has 8 heteroatoms. The lowest BCUT2D eigenvalue weighted by atomic mass is 10.1. The van der Waals surface area contributed by atoms with Gasteiger partial charge in [0.15, 0.2) is 0 Å². The zero-order valence-electron chi connectivity index (χ0n) is 8.19. The van der Waals surface area contributed by atoms with Crippen LogP contribution in [0.5, 0.6) is 0 Å². The van der Waals surface area contributed by atoms with Crippen molar-refractivity contribution in [3.8, 4) is 0 Å². The number of carbonyl (C=O) groups is 1. The summed E-state index contributed by atoms with van der Waals surface area (Å²) in [6, 6.07) is 2.04. The van der Waals surface area contributed by atoms with Gasteiger partial charge in [-0.3, -0.25) is 10.1 Å². The second-order valence-corrected chi connectivity index (χ2v) is 3.22. The Bertz CT molecular complexity index is 475. The average molecular weight is 249 g/mol. The lowest BCUT2D eigenvalue weighted by molar-refractivity contribution is -0.385. The van der Waals surface area contributed by atoms with E-state index >= 15 is 0 Å². The number of non-ortho nitro benzene ring substituents is 1. The van der Waals surface area contributed by atoms with E-state index in [1.165, 1.54) is 0 Å². The Kier molecular flexibility index (Phi) is 3.35. The number of hydrogen-bond donors (Lipinski definition) is 1. The molecule has 0 bridgehead atoms. The van der Waals surface area contributed by atoms with Crippen molar-refractivity contribution in [3.05, 3.63) is 39.7 Å². The minimum atomic E-state index is -4.17. The molecule has 1 rings (SSSR count). The van der Waals surface area contributed by atoms with E-state index in [2.05, 4.69) is 0 Å². The van der Waals surface area contributed by atoms with Crippen molar-refractivity contribution < 1.29 is 28.0 Å². The highest BCUT2D eigenvalue weighted by Crippen LogP contribution is 2.25. The Hall–Kier alpha value is -2.12. The van der Waals surface area contributed by atoms with Gasteiger partial charge < -0.3 is 5.11 Å². The molecule has 1 aromatic rings. The molecule has 5 nitrogen and oxygen atoms in total. The molecule has 0 spiro atoms. The Labute approximate surface area is 92.6 Å². The average Bonchev–Trinajstić information content (AvgIpc) is 2.20. The molecule has 0 atom stereocenters. The van der Waals surface area contributed by atoms with Gasteiger partial charge >= 0.3 is 11.9 Å². The predicted molar refractivity (Wildman–Crippen MR) is 49.3 cm³/mol. The first-order chi connectivity index (χ1) is 7.74. The molecular weight excluding hydrogens is 243 g/mol. The van der Waals surface area contributed by atoms with Crippen LogP contribution in [0.15, 0.2) is 18.2 Å². The van der Waals surface area contributed by atoms with Gasteiger partial charge in [-0.2, -0.15) is 8.78 Å². The van der Waals surface area contributed by atoms with Crippen molar-refractivity contribution in [1.82, 2.24) is 0 Å². The van der Waals surface area contributed by atoms with Crippen LogP contribution in [0.2, 0.25) is 0 Å². The lowest BCUT2D eigenvalue weighted by Gasteiger charge is -2.11. The summed E-state index contributed by atoms with van der Waals surface area (Å²) in [5.74, 6) is -7.70. The van der Waals surface area contributed by atoms with E-state index in [1.54, 1.807) is 0 Å². The van der Waals surface area contributed by atoms with Gasteiger partial charge in [0, 0.05) is 17.7 Å². The topological polar surface area (TPSA) is 80.4 Å². The fourth-order valence-electron chi connectivity index (χ4n) is 1.12. The minimum Gasteiger partial charge on any atom is -0.477 e. The number of halogens is 3. The summed E-state index contributed by atoms with van der Waals surface area (Å²) in [5, 5.41) is 18.5. The number of aliphatic carboxylic acids is 1. The van der Waals surface area contributed by atoms with Crippen LogP contribution in [0, 0.1) is 15.9 Å². The molecule has 0 aliphatic rings. The third-order valence-corrected chi connectivity index (χ3v) is 1.97. The standard InChI is InChI=1S/C9H6F3NO4/c10-7-2-1-6(13(16)17)3-5(7)4-9(11,12)8(14)15/h1-3H,4H2,(H,14,15). The zero-order chi connectivity index (χ0) is 13.2. The van der Waals surface area contributed by atoms with Gasteiger partial charge in [0.2, 0.25) is 0 Å². The largest absolute Gasteiger partial charge is 0.477 e. The van der Waals surface area contributed by atoms with E-state index in [1.807, 2.05) is 0 Å². The van der Waals surface area contributed by atoms with Crippen molar-refractivity contribution in [2.24, 2.45) is 0 Å². The van der Waals surface area contributed by atoms with Gasteiger partial charge in [-0.25, -0.2) is 9.18 Å². The van der Waals surface area contributed by atoms with Crippen molar-refractivity contribution >= 4 is 11.7 Å². The first-order valence-electron chi connectivity index (χ1n) is 4.28. The highest BCUT2D eigenvalue weighted by Gasteiger charge is 2.39. The highest BCUT2D eigenvalue weighted by molar-refractivity contribution is 5.75. The number of alkyl halides is 2. The molecule has 0 aliphatic heterocycles. The number of nitro benzene ring substituents is 1. The van der Waals surface area contributed by atoms with Gasteiger partial charge in [0.05, 0.1) is 11.3 Å². The Morgan fingerprint density at radius 3 is 2.53 bits per heavy atom. The maximum atomic E-state index is 13.1. The quantitative estimate of drug-likeness (QED) is 0.653. The molecule has 0 saturated heterocycles. The normalized spacial score (nSPS) is 11.2. The van der Waals surface area contributed by atoms with E-state index in [4.69, 9.17) is 5.11 Å². The number of carboxylic acid groups (broad SMARTS) is 1. The Morgan fingerprint density at radius 2 is 2.06 bits per heavy atom. The maximum Gasteiger partial charge on any atom is 0.374 e. The molecule has 0 radical (unpaired) electrons. The highest BCUT2D eigenvalue weighted by atomic mass is 19.3. The summed E-state index contributed by atoms with van der Waals surface area (Å²) >= 11 is 0. The van der Waals surface area contributed by atoms with Gasteiger partial charge in [-0.15, -0.1) is 0 Å². The number of nitrogens with zero attached hydrogens (tertiary/aromatic N) is 1. The number of rotatable bonds is 4. The Balaban J connectivity index is 3.10. The van der Waals surface area contributed by atoms with Gasteiger partial charge in [0.25, 0.3) is 5.69 Å². The van der Waals surface area contributed by atoms with Crippen molar-refractivity contribution in [1.29, 1.82) is 0 Å². The van der Waals surface area contributed by atoms with Crippen LogP contribution >= 0.6 is 0 Å². The smallest absolute Gasteiger partial charge is 0.374 e. The van der Waals surface area contributed by atoms with E-state index in [0.29, 0.717) is 12.1 Å². The van der Waals surface area contributed by atoms with E-state index in [9.17, 15) is 28.1 Å². The fraction of sp³-hybridized carbons (Fsp3) is 0.222. The lowest BCUT2D eigenvalue weighted by Crippen LogP contribution is -2.31. The molecule has 0 fully saturated rings. The van der Waals surface area contributed by atoms with Gasteiger partial charge in [0.1, 0.15) is 5.82 Å². The molecule has 1 aromatic carbocycles. The molecular formula is C9H6F3NO4. The predicted octanol–water partition coefficient (Wildman–Crippen LogP) is 2.00. The third-order valence-electron chi connectivity index (χ3n) is 1.97. The molecule has 0 aromatic heterocycles. The van der Waals surface area contributed by atoms with Crippen molar-refractivity contribution in [3.63, 3.8) is 0 Å². The Morgan fingerprint density at radius 1 is 1.47 bits per heavy atom. The second-order valence-electron chi connectivity index (χ2n) is 3.22. The summed E-state index contributed by atoms with van der Waals surface area (Å²) in [6.07, 6.45) is -1.43. The van der Waals surface area contributed by atoms with Gasteiger partial charge in [-0.05, 0) is 6.07 Å². The first-order valence-corrected chi connectivity index (χ1v) is 4.28. The molecule has 92 valence electrons. The second kappa shape index (κ2) is 4.40. The van der Waals surface area contributed by atoms with Crippen LogP contribution in [0.3, 0.4) is 0 Å². The molecule has 17 heavy (non-hydrogen) atoms. The fourth-order valence-corrected chi connectivity index (χ4v) is 1.12. The van der Waals surface area contributed by atoms with Gasteiger partial charge in [-0.1, -0.05) is 0 Å². The van der Waals surface area contributed by atoms with Crippen LogP contribution in [-0.2, 0) is 11.2 Å². The SMILES string of the molecule is O=C(O)C(F)(F)Cc1cc([N+](=O)[O-])ccc1F. The molecule has 0 saturated carbocycles. The van der Waals surface area contributed by atoms with Crippen molar-refractivity contribution in [2.75, 3.05) is 0 Å². The molecule has 0 unspecified atom stereocenters. The van der Waals surface area contributed by atoms with Crippen LogP contribution in [0.25, 0.3) is 0 Å². The monoisotopic (exact) mass is 249 g/mol. The van der Waals surface area contributed by atoms with E-state index in [-0.39, 0.29) is 0 Å². The third kappa shape index (κ3) is 2.92. The first kappa shape index (κ1) is 12.9. The van der Waals surface area contributed by atoms with Crippen LogP contribution < -0.4 is 0 Å². The van der Waals surface area contributed by atoms with Crippen molar-refractivity contribution in [2.45, 2.75) is 12.3 Å². The molecule has 0 heterocycles. The summed E-state index contributed by atoms with van der Waals surface area (Å²) in [7, 11) is 0. The summed E-state index contributed by atoms with van der Waals surface area (Å²) in [4.78, 5) is 19.6. The van der Waals surface area contributed by atoms with Crippen LogP contribution in [-0.4, -0.2) is 21.9 Å². The summed E-state index contributed by atoms with van der Waals surface area (Å²) in [5.41, 5.74) is -1.30. The molecule has 0 amide bonds. The number of benzene rings is 1. The zero-order valence-corrected chi connectivity index (χ0v) is 8.19. The number of carboxylic acids is 1. The number of nitro groups is 1. The summed E-state index contributed by atoms with van der Waals surface area (Å²) < 4.78 is 38.7.